The highest BCUT2D eigenvalue weighted by Gasteiger charge is 2.30. The molecule has 138 valence electrons. The minimum atomic E-state index is -0.0271. The molecular formula is C20H30N2O3. The summed E-state index contributed by atoms with van der Waals surface area (Å²) in [7, 11) is 0. The summed E-state index contributed by atoms with van der Waals surface area (Å²) in [4.78, 5) is 14.6. The number of nitrogens with one attached hydrogen (secondary N) is 1. The molecule has 5 heteroatoms. The maximum Gasteiger partial charge on any atom is 0.234 e. The molecule has 1 aromatic carbocycles. The summed E-state index contributed by atoms with van der Waals surface area (Å²) in [6.45, 7) is 10.0. The number of aryl methyl sites for hydroxylation is 2. The first-order valence-electron chi connectivity index (χ1n) is 9.35. The SMILES string of the molecule is Cc1ccc(C(C)NC(=O)CN2CCC(C3OCCO3)CC2)cc1C. The molecule has 25 heavy (non-hydrogen) atoms. The summed E-state index contributed by atoms with van der Waals surface area (Å²) in [5, 5.41) is 3.13. The second kappa shape index (κ2) is 8.30. The molecule has 5 nitrogen and oxygen atoms in total. The first-order valence-corrected chi connectivity index (χ1v) is 9.35. The molecule has 2 saturated heterocycles. The van der Waals surface area contributed by atoms with Crippen molar-refractivity contribution in [2.45, 2.75) is 45.9 Å². The fourth-order valence-corrected chi connectivity index (χ4v) is 3.64. The number of hydrogen-bond donors (Lipinski definition) is 1. The third kappa shape index (κ3) is 4.81. The molecule has 1 unspecified atom stereocenters. The number of nitrogens with zero attached hydrogens (tertiary/aromatic N) is 1. The van der Waals surface area contributed by atoms with Crippen LogP contribution in [0, 0.1) is 19.8 Å². The molecule has 0 radical (unpaired) electrons. The molecule has 2 fully saturated rings. The van der Waals surface area contributed by atoms with Gasteiger partial charge in [-0.1, -0.05) is 18.2 Å². The van der Waals surface area contributed by atoms with E-state index in [1.807, 2.05) is 6.92 Å². The van der Waals surface area contributed by atoms with Crippen LogP contribution in [0.3, 0.4) is 0 Å². The molecule has 1 atom stereocenters. The second-order valence-corrected chi connectivity index (χ2v) is 7.36. The van der Waals surface area contributed by atoms with Crippen LogP contribution in [0.4, 0.5) is 0 Å². The van der Waals surface area contributed by atoms with Crippen LogP contribution in [0.25, 0.3) is 0 Å². The van der Waals surface area contributed by atoms with Crippen LogP contribution in [0.1, 0.15) is 42.5 Å². The summed E-state index contributed by atoms with van der Waals surface area (Å²) in [6, 6.07) is 6.41. The Balaban J connectivity index is 1.44. The lowest BCUT2D eigenvalue weighted by Crippen LogP contribution is -2.43. The number of carbonyl (C=O) groups excluding carboxylic acids is 1. The van der Waals surface area contributed by atoms with E-state index in [1.165, 1.54) is 11.1 Å². The maximum absolute atomic E-state index is 12.4. The molecular weight excluding hydrogens is 316 g/mol. The van der Waals surface area contributed by atoms with Crippen LogP contribution in [0.2, 0.25) is 0 Å². The number of benzene rings is 1. The number of piperidine rings is 1. The van der Waals surface area contributed by atoms with E-state index in [0.717, 1.165) is 31.5 Å². The van der Waals surface area contributed by atoms with Crippen LogP contribution in [-0.4, -0.2) is 49.9 Å². The van der Waals surface area contributed by atoms with E-state index >= 15 is 0 Å². The van der Waals surface area contributed by atoms with Crippen LogP contribution < -0.4 is 5.32 Å². The van der Waals surface area contributed by atoms with Gasteiger partial charge >= 0.3 is 0 Å². The third-order valence-corrected chi connectivity index (χ3v) is 5.44. The highest BCUT2D eigenvalue weighted by Crippen LogP contribution is 2.25. The van der Waals surface area contributed by atoms with E-state index in [0.29, 0.717) is 25.7 Å². The van der Waals surface area contributed by atoms with Crippen molar-refractivity contribution in [3.8, 4) is 0 Å². The van der Waals surface area contributed by atoms with Crippen LogP contribution >= 0.6 is 0 Å². The van der Waals surface area contributed by atoms with Crippen molar-refractivity contribution in [1.82, 2.24) is 10.2 Å². The van der Waals surface area contributed by atoms with Crippen molar-refractivity contribution in [3.63, 3.8) is 0 Å². The topological polar surface area (TPSA) is 50.8 Å². The molecule has 1 amide bonds. The van der Waals surface area contributed by atoms with Gasteiger partial charge in [0.1, 0.15) is 0 Å². The van der Waals surface area contributed by atoms with Crippen LogP contribution in [-0.2, 0) is 14.3 Å². The third-order valence-electron chi connectivity index (χ3n) is 5.44. The Morgan fingerprint density at radius 3 is 2.52 bits per heavy atom. The zero-order valence-electron chi connectivity index (χ0n) is 15.6. The molecule has 2 aliphatic rings. The Hall–Kier alpha value is -1.43. The lowest BCUT2D eigenvalue weighted by molar-refractivity contribution is -0.124. The molecule has 0 bridgehead atoms. The van der Waals surface area contributed by atoms with Gasteiger partial charge in [-0.25, -0.2) is 0 Å². The predicted octanol–water partition coefficient (Wildman–Crippen LogP) is 2.57. The quantitative estimate of drug-likeness (QED) is 0.890. The van der Waals surface area contributed by atoms with Gasteiger partial charge in [0.2, 0.25) is 5.91 Å². The average molecular weight is 346 g/mol. The van der Waals surface area contributed by atoms with Crippen molar-refractivity contribution >= 4 is 5.91 Å². The average Bonchev–Trinajstić information content (AvgIpc) is 3.12. The van der Waals surface area contributed by atoms with E-state index in [1.54, 1.807) is 0 Å². The molecule has 0 spiro atoms. The molecule has 1 aromatic rings. The van der Waals surface area contributed by atoms with E-state index in [9.17, 15) is 4.79 Å². The van der Waals surface area contributed by atoms with Gasteiger partial charge < -0.3 is 14.8 Å². The Morgan fingerprint density at radius 1 is 1.20 bits per heavy atom. The molecule has 0 aliphatic carbocycles. The standard InChI is InChI=1S/C20H30N2O3/c1-14-4-5-18(12-15(14)2)16(3)21-19(23)13-22-8-6-17(7-9-22)20-24-10-11-25-20/h4-5,12,16-17,20H,6-11,13H2,1-3H3,(H,21,23). The molecule has 2 heterocycles. The van der Waals surface area contributed by atoms with Crippen molar-refractivity contribution in [2.75, 3.05) is 32.8 Å². The molecule has 1 N–H and O–H groups in total. The molecule has 2 aliphatic heterocycles. The smallest absolute Gasteiger partial charge is 0.234 e. The Labute approximate surface area is 150 Å². The largest absolute Gasteiger partial charge is 0.350 e. The lowest BCUT2D eigenvalue weighted by atomic mass is 9.96. The highest BCUT2D eigenvalue weighted by atomic mass is 16.7. The van der Waals surface area contributed by atoms with Gasteiger partial charge in [0.05, 0.1) is 25.8 Å². The highest BCUT2D eigenvalue weighted by molar-refractivity contribution is 5.78. The van der Waals surface area contributed by atoms with Gasteiger partial charge in [-0.15, -0.1) is 0 Å². The minimum Gasteiger partial charge on any atom is -0.350 e. The number of rotatable bonds is 5. The minimum absolute atomic E-state index is 0.0271. The van der Waals surface area contributed by atoms with Gasteiger partial charge in [0.15, 0.2) is 6.29 Å². The summed E-state index contributed by atoms with van der Waals surface area (Å²) in [6.07, 6.45) is 2.04. The zero-order valence-corrected chi connectivity index (χ0v) is 15.6. The monoisotopic (exact) mass is 346 g/mol. The van der Waals surface area contributed by atoms with E-state index in [-0.39, 0.29) is 18.2 Å². The summed E-state index contributed by atoms with van der Waals surface area (Å²) < 4.78 is 11.2. The fraction of sp³-hybridized carbons (Fsp3) is 0.650. The van der Waals surface area contributed by atoms with Crippen LogP contribution in [0.5, 0.6) is 0 Å². The lowest BCUT2D eigenvalue weighted by Gasteiger charge is -2.33. The maximum atomic E-state index is 12.4. The predicted molar refractivity (Wildman–Crippen MR) is 97.3 cm³/mol. The van der Waals surface area contributed by atoms with Gasteiger partial charge in [0.25, 0.3) is 0 Å². The van der Waals surface area contributed by atoms with Crippen LogP contribution in [0.15, 0.2) is 18.2 Å². The summed E-state index contributed by atoms with van der Waals surface area (Å²) >= 11 is 0. The number of amides is 1. The molecule has 3 rings (SSSR count). The summed E-state index contributed by atoms with van der Waals surface area (Å²) in [5.74, 6) is 0.564. The van der Waals surface area contributed by atoms with E-state index < -0.39 is 0 Å². The van der Waals surface area contributed by atoms with Gasteiger partial charge in [-0.05, 0) is 63.4 Å². The Kier molecular flexibility index (Phi) is 6.10. The normalized spacial score (nSPS) is 21.4. The van der Waals surface area contributed by atoms with Crippen molar-refractivity contribution in [2.24, 2.45) is 5.92 Å². The number of ether oxygens (including phenoxy) is 2. The zero-order chi connectivity index (χ0) is 17.8. The Bertz CT molecular complexity index is 591. The second-order valence-electron chi connectivity index (χ2n) is 7.36. The van der Waals surface area contributed by atoms with E-state index in [4.69, 9.17) is 9.47 Å². The van der Waals surface area contributed by atoms with Gasteiger partial charge in [-0.3, -0.25) is 9.69 Å². The first kappa shape index (κ1) is 18.4. The van der Waals surface area contributed by atoms with E-state index in [2.05, 4.69) is 42.3 Å². The number of likely N-dealkylation sites (tertiary alicyclic amines) is 1. The van der Waals surface area contributed by atoms with Crippen molar-refractivity contribution < 1.29 is 14.3 Å². The van der Waals surface area contributed by atoms with Crippen molar-refractivity contribution in [1.29, 1.82) is 0 Å². The fourth-order valence-electron chi connectivity index (χ4n) is 3.64. The molecule has 0 saturated carbocycles. The number of carbonyl (C=O) groups is 1. The van der Waals surface area contributed by atoms with Gasteiger partial charge in [-0.2, -0.15) is 0 Å². The summed E-state index contributed by atoms with van der Waals surface area (Å²) in [5.41, 5.74) is 3.70. The Morgan fingerprint density at radius 2 is 1.88 bits per heavy atom. The number of hydrogen-bond acceptors (Lipinski definition) is 4. The van der Waals surface area contributed by atoms with Gasteiger partial charge in [0, 0.05) is 5.92 Å². The first-order chi connectivity index (χ1) is 12.0. The molecule has 0 aromatic heterocycles. The van der Waals surface area contributed by atoms with Crippen molar-refractivity contribution in [3.05, 3.63) is 34.9 Å².